The predicted molar refractivity (Wildman–Crippen MR) is 81.2 cm³/mol. The fourth-order valence-electron chi connectivity index (χ4n) is 2.86. The Morgan fingerprint density at radius 3 is 2.26 bits per heavy atom. The van der Waals surface area contributed by atoms with Gasteiger partial charge in [-0.15, -0.1) is 0 Å². The molecule has 19 heavy (non-hydrogen) atoms. The Hall–Kier alpha value is -0.730. The van der Waals surface area contributed by atoms with E-state index in [1.54, 1.807) is 0 Å². The summed E-state index contributed by atoms with van der Waals surface area (Å²) in [6, 6.07) is 0.635. The van der Waals surface area contributed by atoms with Gasteiger partial charge in [0, 0.05) is 12.1 Å². The van der Waals surface area contributed by atoms with Crippen LogP contribution in [0.15, 0.2) is 0 Å². The smallest absolute Gasteiger partial charge is 0.315 e. The van der Waals surface area contributed by atoms with Gasteiger partial charge in [0.2, 0.25) is 0 Å². The first kappa shape index (κ1) is 16.3. The van der Waals surface area contributed by atoms with Crippen LogP contribution in [0.4, 0.5) is 4.79 Å². The Balaban J connectivity index is 2.32. The van der Waals surface area contributed by atoms with Gasteiger partial charge in [-0.1, -0.05) is 34.1 Å². The molecular formula is C16H32N2O. The summed E-state index contributed by atoms with van der Waals surface area (Å²) in [5, 5.41) is 6.10. The SMILES string of the molecule is CC[C@H](C)NC(=O)NC1CCC(C(C)(C)CC)CC1. The number of urea groups is 1. The Morgan fingerprint density at radius 2 is 1.79 bits per heavy atom. The van der Waals surface area contributed by atoms with Crippen LogP contribution in [-0.2, 0) is 0 Å². The molecule has 2 amide bonds. The molecule has 0 heterocycles. The molecule has 0 saturated heterocycles. The minimum Gasteiger partial charge on any atom is -0.336 e. The van der Waals surface area contributed by atoms with Crippen LogP contribution in [0.2, 0.25) is 0 Å². The number of amides is 2. The molecule has 0 aromatic heterocycles. The van der Waals surface area contributed by atoms with Crippen molar-refractivity contribution in [3.63, 3.8) is 0 Å². The van der Waals surface area contributed by atoms with Gasteiger partial charge in [-0.2, -0.15) is 0 Å². The van der Waals surface area contributed by atoms with E-state index in [1.165, 1.54) is 19.3 Å². The second kappa shape index (κ2) is 7.16. The second-order valence-electron chi connectivity index (χ2n) is 6.82. The first-order chi connectivity index (χ1) is 8.89. The van der Waals surface area contributed by atoms with Crippen LogP contribution in [0.1, 0.15) is 73.1 Å². The summed E-state index contributed by atoms with van der Waals surface area (Å²) in [5.41, 5.74) is 0.448. The van der Waals surface area contributed by atoms with Crippen LogP contribution in [-0.4, -0.2) is 18.1 Å². The van der Waals surface area contributed by atoms with Crippen molar-refractivity contribution in [2.45, 2.75) is 85.2 Å². The number of nitrogens with one attached hydrogen (secondary N) is 2. The highest BCUT2D eigenvalue weighted by Gasteiger charge is 2.32. The van der Waals surface area contributed by atoms with Crippen molar-refractivity contribution in [2.75, 3.05) is 0 Å². The Labute approximate surface area is 118 Å². The largest absolute Gasteiger partial charge is 0.336 e. The summed E-state index contributed by atoms with van der Waals surface area (Å²) >= 11 is 0. The number of hydrogen-bond donors (Lipinski definition) is 2. The van der Waals surface area contributed by atoms with E-state index >= 15 is 0 Å². The summed E-state index contributed by atoms with van der Waals surface area (Å²) < 4.78 is 0. The third kappa shape index (κ3) is 5.04. The Bertz CT molecular complexity index is 280. The zero-order valence-electron chi connectivity index (χ0n) is 13.4. The van der Waals surface area contributed by atoms with Crippen LogP contribution >= 0.6 is 0 Å². The molecule has 3 heteroatoms. The van der Waals surface area contributed by atoms with Crippen LogP contribution in [0.25, 0.3) is 0 Å². The fourth-order valence-corrected chi connectivity index (χ4v) is 2.86. The van der Waals surface area contributed by atoms with Gasteiger partial charge in [0.15, 0.2) is 0 Å². The average molecular weight is 268 g/mol. The summed E-state index contributed by atoms with van der Waals surface area (Å²) in [6.07, 6.45) is 6.96. The van der Waals surface area contributed by atoms with Crippen LogP contribution < -0.4 is 10.6 Å². The predicted octanol–water partition coefficient (Wildman–Crippen LogP) is 4.08. The maximum Gasteiger partial charge on any atom is 0.315 e. The van der Waals surface area contributed by atoms with Crippen molar-refractivity contribution in [1.82, 2.24) is 10.6 Å². The molecule has 0 bridgehead atoms. The van der Waals surface area contributed by atoms with Crippen molar-refractivity contribution >= 4 is 6.03 Å². The normalized spacial score (nSPS) is 25.7. The molecular weight excluding hydrogens is 236 g/mol. The molecule has 1 aliphatic rings. The van der Waals surface area contributed by atoms with Crippen molar-refractivity contribution in [3.05, 3.63) is 0 Å². The topological polar surface area (TPSA) is 41.1 Å². The van der Waals surface area contributed by atoms with Crippen molar-refractivity contribution in [2.24, 2.45) is 11.3 Å². The van der Waals surface area contributed by atoms with E-state index in [4.69, 9.17) is 0 Å². The summed E-state index contributed by atoms with van der Waals surface area (Å²) in [7, 11) is 0. The first-order valence-electron chi connectivity index (χ1n) is 7.96. The molecule has 1 aliphatic carbocycles. The molecule has 112 valence electrons. The van der Waals surface area contributed by atoms with Gasteiger partial charge in [0.05, 0.1) is 0 Å². The highest BCUT2D eigenvalue weighted by atomic mass is 16.2. The number of carbonyl (C=O) groups excluding carboxylic acids is 1. The molecule has 2 N–H and O–H groups in total. The van der Waals surface area contributed by atoms with Gasteiger partial charge >= 0.3 is 6.03 Å². The lowest BCUT2D eigenvalue weighted by atomic mass is 9.69. The maximum atomic E-state index is 11.8. The van der Waals surface area contributed by atoms with Crippen LogP contribution in [0.3, 0.4) is 0 Å². The van der Waals surface area contributed by atoms with E-state index in [9.17, 15) is 4.79 Å². The van der Waals surface area contributed by atoms with Crippen LogP contribution in [0, 0.1) is 11.3 Å². The third-order valence-corrected chi connectivity index (χ3v) is 5.07. The quantitative estimate of drug-likeness (QED) is 0.775. The lowest BCUT2D eigenvalue weighted by Gasteiger charge is -2.39. The number of rotatable bonds is 5. The molecule has 0 radical (unpaired) electrons. The molecule has 0 aliphatic heterocycles. The van der Waals surface area contributed by atoms with E-state index in [1.807, 2.05) is 6.92 Å². The zero-order chi connectivity index (χ0) is 14.5. The van der Waals surface area contributed by atoms with Gasteiger partial charge in [-0.3, -0.25) is 0 Å². The molecule has 1 rings (SSSR count). The van der Waals surface area contributed by atoms with Gasteiger partial charge in [-0.05, 0) is 50.4 Å². The van der Waals surface area contributed by atoms with Gasteiger partial charge < -0.3 is 10.6 Å². The highest BCUT2D eigenvalue weighted by molar-refractivity contribution is 5.74. The van der Waals surface area contributed by atoms with E-state index < -0.39 is 0 Å². The molecule has 0 aromatic carbocycles. The summed E-state index contributed by atoms with van der Waals surface area (Å²) in [5.74, 6) is 0.813. The molecule has 0 unspecified atom stereocenters. The molecule has 1 saturated carbocycles. The lowest BCUT2D eigenvalue weighted by Crippen LogP contribution is -2.47. The standard InChI is InChI=1S/C16H32N2O/c1-6-12(3)17-15(19)18-14-10-8-13(9-11-14)16(4,5)7-2/h12-14H,6-11H2,1-5H3,(H2,17,18,19)/t12-,13?,14?/m0/s1. The zero-order valence-corrected chi connectivity index (χ0v) is 13.4. The minimum atomic E-state index is 0.00699. The summed E-state index contributed by atoms with van der Waals surface area (Å²) in [6.45, 7) is 11.2. The Kier molecular flexibility index (Phi) is 6.15. The molecule has 1 atom stereocenters. The minimum absolute atomic E-state index is 0.00699. The number of carbonyl (C=O) groups is 1. The average Bonchev–Trinajstić information content (AvgIpc) is 2.39. The van der Waals surface area contributed by atoms with Crippen molar-refractivity contribution in [1.29, 1.82) is 0 Å². The Morgan fingerprint density at radius 1 is 1.21 bits per heavy atom. The second-order valence-corrected chi connectivity index (χ2v) is 6.82. The maximum absolute atomic E-state index is 11.8. The summed E-state index contributed by atoms with van der Waals surface area (Å²) in [4.78, 5) is 11.8. The van der Waals surface area contributed by atoms with Crippen LogP contribution in [0.5, 0.6) is 0 Å². The molecule has 0 aromatic rings. The van der Waals surface area contributed by atoms with Gasteiger partial charge in [0.1, 0.15) is 0 Å². The van der Waals surface area contributed by atoms with E-state index in [0.29, 0.717) is 11.5 Å². The van der Waals surface area contributed by atoms with E-state index in [2.05, 4.69) is 38.3 Å². The van der Waals surface area contributed by atoms with E-state index in [0.717, 1.165) is 25.2 Å². The highest BCUT2D eigenvalue weighted by Crippen LogP contribution is 2.40. The van der Waals surface area contributed by atoms with Crippen molar-refractivity contribution < 1.29 is 4.79 Å². The van der Waals surface area contributed by atoms with Gasteiger partial charge in [0.25, 0.3) is 0 Å². The number of hydrogen-bond acceptors (Lipinski definition) is 1. The first-order valence-corrected chi connectivity index (χ1v) is 7.96. The molecule has 1 fully saturated rings. The monoisotopic (exact) mass is 268 g/mol. The van der Waals surface area contributed by atoms with Crippen molar-refractivity contribution in [3.8, 4) is 0 Å². The van der Waals surface area contributed by atoms with E-state index in [-0.39, 0.29) is 12.1 Å². The molecule has 3 nitrogen and oxygen atoms in total. The lowest BCUT2D eigenvalue weighted by molar-refractivity contribution is 0.138. The third-order valence-electron chi connectivity index (χ3n) is 5.07. The van der Waals surface area contributed by atoms with Gasteiger partial charge in [-0.25, -0.2) is 4.79 Å². The fraction of sp³-hybridized carbons (Fsp3) is 0.938. The molecule has 0 spiro atoms.